The van der Waals surface area contributed by atoms with Crippen LogP contribution in [0, 0.1) is 13.8 Å². The molecule has 0 saturated heterocycles. The highest BCUT2D eigenvalue weighted by atomic mass is 32.2. The Bertz CT molecular complexity index is 1080. The van der Waals surface area contributed by atoms with Crippen molar-refractivity contribution in [3.63, 3.8) is 0 Å². The zero-order valence-corrected chi connectivity index (χ0v) is 15.0. The van der Waals surface area contributed by atoms with E-state index in [9.17, 15) is 4.79 Å². The lowest BCUT2D eigenvalue weighted by Gasteiger charge is -2.07. The van der Waals surface area contributed by atoms with Crippen molar-refractivity contribution in [1.82, 2.24) is 4.98 Å². The predicted molar refractivity (Wildman–Crippen MR) is 101 cm³/mol. The Balaban J connectivity index is 1.71. The molecule has 0 aliphatic heterocycles. The Labute approximate surface area is 147 Å². The van der Waals surface area contributed by atoms with Gasteiger partial charge in [0.25, 0.3) is 0 Å². The number of thiazole rings is 1. The number of benzene rings is 2. The first-order chi connectivity index (χ1) is 11.6. The summed E-state index contributed by atoms with van der Waals surface area (Å²) in [6.07, 6.45) is 0. The number of aromatic nitrogens is 1. The van der Waals surface area contributed by atoms with Gasteiger partial charge in [-0.3, -0.25) is 0 Å². The van der Waals surface area contributed by atoms with Crippen LogP contribution in [-0.4, -0.2) is 4.98 Å². The first-order valence-electron chi connectivity index (χ1n) is 7.62. The average molecular weight is 353 g/mol. The van der Waals surface area contributed by atoms with E-state index in [-0.39, 0.29) is 5.63 Å². The third-order valence-electron chi connectivity index (χ3n) is 4.07. The van der Waals surface area contributed by atoms with Crippen molar-refractivity contribution in [2.75, 3.05) is 0 Å². The van der Waals surface area contributed by atoms with Gasteiger partial charge in [-0.2, -0.15) is 0 Å². The summed E-state index contributed by atoms with van der Waals surface area (Å²) >= 11 is 3.34. The van der Waals surface area contributed by atoms with Gasteiger partial charge in [0, 0.05) is 17.2 Å². The van der Waals surface area contributed by atoms with Crippen molar-refractivity contribution in [3.8, 4) is 0 Å². The van der Waals surface area contributed by atoms with Gasteiger partial charge in [-0.05, 0) is 54.8 Å². The highest BCUT2D eigenvalue weighted by Gasteiger charge is 2.10. The number of fused-ring (bicyclic) bond motifs is 2. The Kier molecular flexibility index (Phi) is 3.90. The van der Waals surface area contributed by atoms with Gasteiger partial charge in [0.1, 0.15) is 5.58 Å². The molecular weight excluding hydrogens is 338 g/mol. The number of rotatable bonds is 3. The Morgan fingerprint density at radius 2 is 1.92 bits per heavy atom. The van der Waals surface area contributed by atoms with Crippen LogP contribution in [0.2, 0.25) is 0 Å². The molecule has 0 bridgehead atoms. The number of thioether (sulfide) groups is 1. The molecule has 0 atom stereocenters. The fourth-order valence-electron chi connectivity index (χ4n) is 2.65. The van der Waals surface area contributed by atoms with E-state index in [2.05, 4.69) is 24.0 Å². The van der Waals surface area contributed by atoms with Gasteiger partial charge < -0.3 is 4.42 Å². The number of aryl methyl sites for hydroxylation is 2. The lowest BCUT2D eigenvalue weighted by atomic mass is 10.0. The SMILES string of the molecule is Cc1cc2oc(=O)cc(CSc3nc4ccccc4s3)c2cc1C. The van der Waals surface area contributed by atoms with Gasteiger partial charge >= 0.3 is 5.63 Å². The molecule has 5 heteroatoms. The van der Waals surface area contributed by atoms with E-state index in [0.29, 0.717) is 11.3 Å². The van der Waals surface area contributed by atoms with Crippen LogP contribution in [0.3, 0.4) is 0 Å². The van der Waals surface area contributed by atoms with Crippen LogP contribution in [0.1, 0.15) is 16.7 Å². The van der Waals surface area contributed by atoms with Crippen LogP contribution in [-0.2, 0) is 5.75 Å². The van der Waals surface area contributed by atoms with E-state index < -0.39 is 0 Å². The van der Waals surface area contributed by atoms with Crippen molar-refractivity contribution in [3.05, 3.63) is 69.6 Å². The number of para-hydroxylation sites is 1. The second-order valence-corrected chi connectivity index (χ2v) is 8.01. The van der Waals surface area contributed by atoms with Crippen LogP contribution in [0.25, 0.3) is 21.2 Å². The second-order valence-electron chi connectivity index (χ2n) is 5.76. The molecule has 0 saturated carbocycles. The minimum atomic E-state index is -0.300. The normalized spacial score (nSPS) is 11.4. The van der Waals surface area contributed by atoms with Crippen molar-refractivity contribution < 1.29 is 4.42 Å². The van der Waals surface area contributed by atoms with E-state index in [0.717, 1.165) is 26.4 Å². The summed E-state index contributed by atoms with van der Waals surface area (Å²) in [6.45, 7) is 4.10. The molecule has 24 heavy (non-hydrogen) atoms. The maximum atomic E-state index is 11.9. The minimum Gasteiger partial charge on any atom is -0.423 e. The molecule has 0 unspecified atom stereocenters. The van der Waals surface area contributed by atoms with Crippen molar-refractivity contribution in [2.45, 2.75) is 23.9 Å². The smallest absolute Gasteiger partial charge is 0.336 e. The van der Waals surface area contributed by atoms with E-state index in [1.165, 1.54) is 10.3 Å². The standard InChI is InChI=1S/C19H15NO2S2/c1-11-7-14-13(9-18(21)22-16(14)8-12(11)2)10-23-19-20-15-5-3-4-6-17(15)24-19/h3-9H,10H2,1-2H3. The second kappa shape index (κ2) is 6.07. The highest BCUT2D eigenvalue weighted by molar-refractivity contribution is 8.00. The largest absolute Gasteiger partial charge is 0.423 e. The van der Waals surface area contributed by atoms with Gasteiger partial charge in [-0.15, -0.1) is 11.3 Å². The van der Waals surface area contributed by atoms with E-state index in [1.807, 2.05) is 31.2 Å². The van der Waals surface area contributed by atoms with Crippen molar-refractivity contribution >= 4 is 44.3 Å². The Morgan fingerprint density at radius 1 is 1.12 bits per heavy atom. The van der Waals surface area contributed by atoms with Crippen LogP contribution in [0.4, 0.5) is 0 Å². The molecular formula is C19H15NO2S2. The third kappa shape index (κ3) is 2.85. The average Bonchev–Trinajstić information content (AvgIpc) is 2.97. The summed E-state index contributed by atoms with van der Waals surface area (Å²) in [7, 11) is 0. The molecule has 0 spiro atoms. The molecule has 2 aromatic carbocycles. The zero-order valence-electron chi connectivity index (χ0n) is 13.3. The molecule has 0 aliphatic carbocycles. The number of hydrogen-bond donors (Lipinski definition) is 0. The molecule has 120 valence electrons. The van der Waals surface area contributed by atoms with Crippen LogP contribution in [0.5, 0.6) is 0 Å². The number of hydrogen-bond acceptors (Lipinski definition) is 5. The molecule has 0 radical (unpaired) electrons. The van der Waals surface area contributed by atoms with Crippen molar-refractivity contribution in [2.24, 2.45) is 0 Å². The van der Waals surface area contributed by atoms with Gasteiger partial charge in [0.05, 0.1) is 10.2 Å². The Morgan fingerprint density at radius 3 is 2.75 bits per heavy atom. The van der Waals surface area contributed by atoms with Crippen LogP contribution < -0.4 is 5.63 Å². The summed E-state index contributed by atoms with van der Waals surface area (Å²) in [5.74, 6) is 0.699. The summed E-state index contributed by atoms with van der Waals surface area (Å²) in [5, 5.41) is 1.01. The van der Waals surface area contributed by atoms with E-state index >= 15 is 0 Å². The molecule has 0 amide bonds. The molecule has 4 rings (SSSR count). The van der Waals surface area contributed by atoms with Crippen molar-refractivity contribution in [1.29, 1.82) is 0 Å². The minimum absolute atomic E-state index is 0.300. The van der Waals surface area contributed by atoms with E-state index in [4.69, 9.17) is 4.42 Å². The first-order valence-corrected chi connectivity index (χ1v) is 9.43. The topological polar surface area (TPSA) is 43.1 Å². The van der Waals surface area contributed by atoms with Gasteiger partial charge in [0.15, 0.2) is 4.34 Å². The van der Waals surface area contributed by atoms with Crippen LogP contribution in [0.15, 0.2) is 56.0 Å². The van der Waals surface area contributed by atoms with E-state index in [1.54, 1.807) is 29.2 Å². The number of nitrogens with zero attached hydrogens (tertiary/aromatic N) is 1. The van der Waals surface area contributed by atoms with Gasteiger partial charge in [-0.25, -0.2) is 9.78 Å². The lowest BCUT2D eigenvalue weighted by molar-refractivity contribution is 0.559. The molecule has 3 nitrogen and oxygen atoms in total. The molecule has 2 heterocycles. The maximum absolute atomic E-state index is 11.9. The quantitative estimate of drug-likeness (QED) is 0.370. The monoisotopic (exact) mass is 353 g/mol. The zero-order chi connectivity index (χ0) is 16.7. The molecule has 0 aliphatic rings. The molecule has 4 aromatic rings. The van der Waals surface area contributed by atoms with Crippen LogP contribution >= 0.6 is 23.1 Å². The highest BCUT2D eigenvalue weighted by Crippen LogP contribution is 2.33. The molecule has 0 fully saturated rings. The van der Waals surface area contributed by atoms with Gasteiger partial charge in [-0.1, -0.05) is 23.9 Å². The lowest BCUT2D eigenvalue weighted by Crippen LogP contribution is -2.00. The fourth-order valence-corrected chi connectivity index (χ4v) is 4.71. The van der Waals surface area contributed by atoms with Gasteiger partial charge in [0.2, 0.25) is 0 Å². The summed E-state index contributed by atoms with van der Waals surface area (Å²) < 4.78 is 7.56. The fraction of sp³-hybridized carbons (Fsp3) is 0.158. The summed E-state index contributed by atoms with van der Waals surface area (Å²) in [5.41, 5.74) is 4.70. The predicted octanol–water partition coefficient (Wildman–Crippen LogP) is 5.31. The summed E-state index contributed by atoms with van der Waals surface area (Å²) in [6, 6.07) is 13.8. The third-order valence-corrected chi connectivity index (χ3v) is 6.30. The maximum Gasteiger partial charge on any atom is 0.336 e. The molecule has 0 N–H and O–H groups in total. The summed E-state index contributed by atoms with van der Waals surface area (Å²) in [4.78, 5) is 16.5. The molecule has 2 aromatic heterocycles. The first kappa shape index (κ1) is 15.4. The Hall–Kier alpha value is -2.11.